The first-order valence-corrected chi connectivity index (χ1v) is 13.4. The van der Waals surface area contributed by atoms with Gasteiger partial charge in [-0.25, -0.2) is 12.8 Å². The van der Waals surface area contributed by atoms with Crippen LogP contribution in [0.2, 0.25) is 0 Å². The van der Waals surface area contributed by atoms with Crippen molar-refractivity contribution in [2.45, 2.75) is 30.7 Å². The number of ether oxygens (including phenoxy) is 1. The maximum atomic E-state index is 13.2. The van der Waals surface area contributed by atoms with Crippen LogP contribution in [-0.4, -0.2) is 74.3 Å². The van der Waals surface area contributed by atoms with Crippen LogP contribution in [0.25, 0.3) is 0 Å². The number of amides is 1. The highest BCUT2D eigenvalue weighted by Gasteiger charge is 2.36. The molecule has 7 nitrogen and oxygen atoms in total. The van der Waals surface area contributed by atoms with E-state index < -0.39 is 15.8 Å². The summed E-state index contributed by atoms with van der Waals surface area (Å²) in [6.45, 7) is 5.04. The number of carbonyl (C=O) groups excluding carboxylic acids is 1. The zero-order valence-electron chi connectivity index (χ0n) is 19.2. The smallest absolute Gasteiger partial charge is 0.243 e. The summed E-state index contributed by atoms with van der Waals surface area (Å²) >= 11 is 0. The zero-order chi connectivity index (χ0) is 23.7. The molecule has 1 amide bonds. The fraction of sp³-hybridized carbons (Fsp3) is 0.480. The van der Waals surface area contributed by atoms with E-state index in [1.165, 1.54) is 27.6 Å². The van der Waals surface area contributed by atoms with Gasteiger partial charge in [0, 0.05) is 52.2 Å². The Hall–Kier alpha value is -2.49. The SMILES string of the molecule is O=C([C@@H]1CCCN(S(=O)(=O)c2ccc(F)cc2)C1)N1CCN(Cc2ccc3c(c2)CCO3)CC1. The summed E-state index contributed by atoms with van der Waals surface area (Å²) in [5.41, 5.74) is 2.53. The maximum absolute atomic E-state index is 13.2. The van der Waals surface area contributed by atoms with Gasteiger partial charge in [-0.15, -0.1) is 0 Å². The fourth-order valence-electron chi connectivity index (χ4n) is 5.10. The minimum absolute atomic E-state index is 0.0355. The van der Waals surface area contributed by atoms with Crippen molar-refractivity contribution in [3.05, 3.63) is 59.4 Å². The van der Waals surface area contributed by atoms with Gasteiger partial charge in [0.15, 0.2) is 0 Å². The van der Waals surface area contributed by atoms with E-state index in [2.05, 4.69) is 17.0 Å². The van der Waals surface area contributed by atoms with E-state index in [1.807, 2.05) is 11.0 Å². The van der Waals surface area contributed by atoms with Gasteiger partial charge in [-0.05, 0) is 54.3 Å². The van der Waals surface area contributed by atoms with E-state index in [4.69, 9.17) is 4.74 Å². The third-order valence-corrected chi connectivity index (χ3v) is 8.91. The molecule has 3 aliphatic heterocycles. The number of piperazine rings is 1. The highest BCUT2D eigenvalue weighted by Crippen LogP contribution is 2.28. The van der Waals surface area contributed by atoms with Gasteiger partial charge < -0.3 is 9.64 Å². The lowest BCUT2D eigenvalue weighted by atomic mass is 9.97. The van der Waals surface area contributed by atoms with Crippen molar-refractivity contribution >= 4 is 15.9 Å². The Bertz CT molecular complexity index is 1150. The molecule has 0 bridgehead atoms. The van der Waals surface area contributed by atoms with E-state index in [1.54, 1.807) is 0 Å². The van der Waals surface area contributed by atoms with Crippen molar-refractivity contribution in [3.8, 4) is 5.75 Å². The monoisotopic (exact) mass is 487 g/mol. The lowest BCUT2D eigenvalue weighted by Gasteiger charge is -2.38. The summed E-state index contributed by atoms with van der Waals surface area (Å²) in [6.07, 6.45) is 2.28. The third kappa shape index (κ3) is 4.82. The number of piperidine rings is 1. The van der Waals surface area contributed by atoms with Gasteiger partial charge in [-0.3, -0.25) is 9.69 Å². The number of carbonyl (C=O) groups is 1. The molecule has 2 aromatic rings. The lowest BCUT2D eigenvalue weighted by molar-refractivity contribution is -0.138. The Labute approximate surface area is 200 Å². The van der Waals surface area contributed by atoms with E-state index >= 15 is 0 Å². The van der Waals surface area contributed by atoms with Crippen LogP contribution in [0.3, 0.4) is 0 Å². The van der Waals surface area contributed by atoms with Crippen molar-refractivity contribution < 1.29 is 22.3 Å². The summed E-state index contributed by atoms with van der Waals surface area (Å²) in [4.78, 5) is 17.5. The van der Waals surface area contributed by atoms with E-state index in [9.17, 15) is 17.6 Å². The predicted octanol–water partition coefficient (Wildman–Crippen LogP) is 2.51. The Morgan fingerprint density at radius 3 is 2.56 bits per heavy atom. The second kappa shape index (κ2) is 9.64. The lowest BCUT2D eigenvalue weighted by Crippen LogP contribution is -2.52. The van der Waals surface area contributed by atoms with Gasteiger partial charge in [-0.1, -0.05) is 12.1 Å². The molecule has 3 aliphatic rings. The zero-order valence-corrected chi connectivity index (χ0v) is 20.0. The molecular weight excluding hydrogens is 457 g/mol. The topological polar surface area (TPSA) is 70.2 Å². The molecule has 0 aromatic heterocycles. The average Bonchev–Trinajstić information content (AvgIpc) is 3.32. The quantitative estimate of drug-likeness (QED) is 0.648. The molecule has 2 aromatic carbocycles. The second-order valence-electron chi connectivity index (χ2n) is 9.30. The number of hydrogen-bond acceptors (Lipinski definition) is 5. The first-order valence-electron chi connectivity index (χ1n) is 11.9. The normalized spacial score (nSPS) is 21.8. The molecule has 3 heterocycles. The van der Waals surface area contributed by atoms with Crippen LogP contribution in [0.4, 0.5) is 4.39 Å². The molecule has 9 heteroatoms. The van der Waals surface area contributed by atoms with E-state index in [0.717, 1.165) is 50.5 Å². The minimum Gasteiger partial charge on any atom is -0.493 e. The Morgan fingerprint density at radius 1 is 1.03 bits per heavy atom. The molecular formula is C25H30FN3O4S. The summed E-state index contributed by atoms with van der Waals surface area (Å²) in [7, 11) is -3.75. The molecule has 0 aliphatic carbocycles. The number of nitrogens with zero attached hydrogens (tertiary/aromatic N) is 3. The van der Waals surface area contributed by atoms with Crippen LogP contribution in [0.15, 0.2) is 47.4 Å². The Morgan fingerprint density at radius 2 is 1.79 bits per heavy atom. The number of hydrogen-bond donors (Lipinski definition) is 0. The molecule has 0 radical (unpaired) electrons. The van der Waals surface area contributed by atoms with Crippen LogP contribution < -0.4 is 4.74 Å². The van der Waals surface area contributed by atoms with Crippen LogP contribution in [0, 0.1) is 11.7 Å². The molecule has 1 atom stereocenters. The van der Waals surface area contributed by atoms with Crippen LogP contribution in [0.5, 0.6) is 5.75 Å². The van der Waals surface area contributed by atoms with Gasteiger partial charge in [0.05, 0.1) is 17.4 Å². The maximum Gasteiger partial charge on any atom is 0.243 e. The molecule has 5 rings (SSSR count). The summed E-state index contributed by atoms with van der Waals surface area (Å²) in [6, 6.07) is 11.2. The van der Waals surface area contributed by atoms with Gasteiger partial charge >= 0.3 is 0 Å². The Kier molecular flexibility index (Phi) is 6.59. The van der Waals surface area contributed by atoms with Crippen molar-refractivity contribution in [1.29, 1.82) is 0 Å². The number of fused-ring (bicyclic) bond motifs is 1. The highest BCUT2D eigenvalue weighted by atomic mass is 32.2. The summed E-state index contributed by atoms with van der Waals surface area (Å²) < 4.78 is 46.2. The Balaban J connectivity index is 1.16. The summed E-state index contributed by atoms with van der Waals surface area (Å²) in [5, 5.41) is 0. The van der Waals surface area contributed by atoms with Gasteiger partial charge in [-0.2, -0.15) is 4.31 Å². The average molecular weight is 488 g/mol. The van der Waals surface area contributed by atoms with Crippen LogP contribution in [-0.2, 0) is 27.8 Å². The molecule has 182 valence electrons. The third-order valence-electron chi connectivity index (χ3n) is 7.03. The number of benzene rings is 2. The molecule has 0 saturated carbocycles. The number of sulfonamides is 1. The van der Waals surface area contributed by atoms with Gasteiger partial charge in [0.25, 0.3) is 0 Å². The molecule has 0 spiro atoms. The fourth-order valence-corrected chi connectivity index (χ4v) is 6.62. The van der Waals surface area contributed by atoms with Crippen LogP contribution >= 0.6 is 0 Å². The molecule has 2 fully saturated rings. The second-order valence-corrected chi connectivity index (χ2v) is 11.2. The number of rotatable bonds is 5. The molecule has 0 unspecified atom stereocenters. The first-order chi connectivity index (χ1) is 16.4. The minimum atomic E-state index is -3.75. The van der Waals surface area contributed by atoms with Crippen molar-refractivity contribution in [3.63, 3.8) is 0 Å². The van der Waals surface area contributed by atoms with Crippen molar-refractivity contribution in [2.75, 3.05) is 45.9 Å². The van der Waals surface area contributed by atoms with E-state index in [0.29, 0.717) is 32.5 Å². The predicted molar refractivity (Wildman–Crippen MR) is 125 cm³/mol. The first kappa shape index (κ1) is 23.3. The van der Waals surface area contributed by atoms with E-state index in [-0.39, 0.29) is 23.3 Å². The van der Waals surface area contributed by atoms with Crippen LogP contribution in [0.1, 0.15) is 24.0 Å². The molecule has 34 heavy (non-hydrogen) atoms. The number of halogens is 1. The largest absolute Gasteiger partial charge is 0.493 e. The van der Waals surface area contributed by atoms with Crippen molar-refractivity contribution in [1.82, 2.24) is 14.1 Å². The van der Waals surface area contributed by atoms with Gasteiger partial charge in [0.2, 0.25) is 15.9 Å². The molecule has 0 N–H and O–H groups in total. The summed E-state index contributed by atoms with van der Waals surface area (Å²) in [5.74, 6) is 0.206. The standard InChI is InChI=1S/C25H30FN3O4S/c26-22-4-6-23(7-5-22)34(31,32)29-10-1-2-21(18-29)25(30)28-13-11-27(12-14-28)17-19-3-8-24-20(16-19)9-15-33-24/h3-8,16,21H,1-2,9-15,17-18H2/t21-/m1/s1. The van der Waals surface area contributed by atoms with Crippen molar-refractivity contribution in [2.24, 2.45) is 5.92 Å². The highest BCUT2D eigenvalue weighted by molar-refractivity contribution is 7.89. The van der Waals surface area contributed by atoms with Gasteiger partial charge in [0.1, 0.15) is 11.6 Å². The molecule has 2 saturated heterocycles.